The molecule has 0 aliphatic rings. The smallest absolute Gasteiger partial charge is 0.253 e. The predicted octanol–water partition coefficient (Wildman–Crippen LogP) is 5.17. The maximum atomic E-state index is 13.3. The van der Waals surface area contributed by atoms with Crippen LogP contribution in [0.1, 0.15) is 43.4 Å². The van der Waals surface area contributed by atoms with E-state index < -0.39 is 11.9 Å². The molecule has 6 nitrogen and oxygen atoms in total. The monoisotopic (exact) mass is 474 g/mol. The van der Waals surface area contributed by atoms with E-state index in [1.54, 1.807) is 24.1 Å². The van der Waals surface area contributed by atoms with E-state index in [4.69, 9.17) is 28.2 Å². The molecule has 0 fully saturated rings. The standard InChI is InChI=1S/C24H28Cl2N4O2/c1-5-30-21-9-7-6-8-19(21)27-22(30)14-29(4)24(32)20(12-15(2)3)28-23(31)17-11-10-16(25)13-18(17)26/h6-11,13,15,20H,5,12,14H2,1-4H3,(H,28,31). The number of rotatable bonds is 8. The molecule has 1 aromatic heterocycles. The van der Waals surface area contributed by atoms with Gasteiger partial charge in [-0.2, -0.15) is 0 Å². The number of likely N-dealkylation sites (N-methyl/N-ethyl adjacent to an activating group) is 1. The molecule has 3 rings (SSSR count). The Morgan fingerprint density at radius 2 is 1.88 bits per heavy atom. The first-order valence-electron chi connectivity index (χ1n) is 10.7. The molecule has 1 N–H and O–H groups in total. The number of aromatic nitrogens is 2. The summed E-state index contributed by atoms with van der Waals surface area (Å²) in [6.07, 6.45) is 0.504. The van der Waals surface area contributed by atoms with Crippen LogP contribution >= 0.6 is 23.2 Å². The average molecular weight is 475 g/mol. The van der Waals surface area contributed by atoms with Crippen LogP contribution in [0.5, 0.6) is 0 Å². The van der Waals surface area contributed by atoms with Crippen molar-refractivity contribution in [1.82, 2.24) is 19.8 Å². The molecule has 170 valence electrons. The number of aryl methyl sites for hydroxylation is 1. The third-order valence-electron chi connectivity index (χ3n) is 5.29. The van der Waals surface area contributed by atoms with Gasteiger partial charge in [0.05, 0.1) is 28.2 Å². The summed E-state index contributed by atoms with van der Waals surface area (Å²) in [5.41, 5.74) is 2.22. The van der Waals surface area contributed by atoms with E-state index in [0.29, 0.717) is 18.0 Å². The third kappa shape index (κ3) is 5.43. The summed E-state index contributed by atoms with van der Waals surface area (Å²) in [6.45, 7) is 7.17. The van der Waals surface area contributed by atoms with Gasteiger partial charge in [0.1, 0.15) is 11.9 Å². The molecule has 1 heterocycles. The minimum absolute atomic E-state index is 0.174. The van der Waals surface area contributed by atoms with Crippen LogP contribution in [-0.2, 0) is 17.9 Å². The average Bonchev–Trinajstić information content (AvgIpc) is 3.09. The number of amides is 2. The Morgan fingerprint density at radius 1 is 1.16 bits per heavy atom. The summed E-state index contributed by atoms with van der Waals surface area (Å²) in [4.78, 5) is 32.5. The van der Waals surface area contributed by atoms with E-state index >= 15 is 0 Å². The lowest BCUT2D eigenvalue weighted by molar-refractivity contribution is -0.133. The van der Waals surface area contributed by atoms with Crippen LogP contribution in [0.25, 0.3) is 11.0 Å². The van der Waals surface area contributed by atoms with E-state index in [9.17, 15) is 9.59 Å². The van der Waals surface area contributed by atoms with Crippen LogP contribution in [0.3, 0.4) is 0 Å². The normalized spacial score (nSPS) is 12.2. The minimum atomic E-state index is -0.682. The number of halogens is 2. The van der Waals surface area contributed by atoms with Crippen LogP contribution in [-0.4, -0.2) is 39.4 Å². The summed E-state index contributed by atoms with van der Waals surface area (Å²) in [5.74, 6) is 0.435. The second-order valence-corrected chi connectivity index (χ2v) is 9.08. The number of nitrogens with one attached hydrogen (secondary N) is 1. The second kappa shape index (κ2) is 10.4. The molecule has 0 aliphatic heterocycles. The van der Waals surface area contributed by atoms with E-state index in [2.05, 4.69) is 16.8 Å². The number of para-hydroxylation sites is 2. The molecule has 2 aromatic carbocycles. The maximum Gasteiger partial charge on any atom is 0.253 e. The molecular formula is C24H28Cl2N4O2. The SMILES string of the molecule is CCn1c(CN(C)C(=O)C(CC(C)C)NC(=O)c2ccc(Cl)cc2Cl)nc2ccccc21. The number of benzene rings is 2. The van der Waals surface area contributed by atoms with Crippen LogP contribution in [0.2, 0.25) is 10.0 Å². The molecule has 0 radical (unpaired) electrons. The highest BCUT2D eigenvalue weighted by molar-refractivity contribution is 6.36. The van der Waals surface area contributed by atoms with Crippen molar-refractivity contribution in [2.24, 2.45) is 5.92 Å². The molecule has 0 bridgehead atoms. The fraction of sp³-hybridized carbons (Fsp3) is 0.375. The van der Waals surface area contributed by atoms with Crippen molar-refractivity contribution in [3.05, 3.63) is 63.9 Å². The van der Waals surface area contributed by atoms with Gasteiger partial charge in [-0.1, -0.05) is 49.2 Å². The van der Waals surface area contributed by atoms with E-state index in [0.717, 1.165) is 23.4 Å². The lowest BCUT2D eigenvalue weighted by Gasteiger charge is -2.26. The van der Waals surface area contributed by atoms with Crippen molar-refractivity contribution in [2.75, 3.05) is 7.05 Å². The summed E-state index contributed by atoms with van der Waals surface area (Å²) in [6, 6.07) is 11.9. The number of nitrogens with zero attached hydrogens (tertiary/aromatic N) is 3. The molecule has 3 aromatic rings. The van der Waals surface area contributed by atoms with Gasteiger partial charge in [-0.25, -0.2) is 4.98 Å². The highest BCUT2D eigenvalue weighted by Gasteiger charge is 2.27. The summed E-state index contributed by atoms with van der Waals surface area (Å²) >= 11 is 12.1. The largest absolute Gasteiger partial charge is 0.340 e. The van der Waals surface area contributed by atoms with Crippen LogP contribution in [0, 0.1) is 5.92 Å². The van der Waals surface area contributed by atoms with Crippen molar-refractivity contribution >= 4 is 46.0 Å². The van der Waals surface area contributed by atoms with Crippen molar-refractivity contribution in [3.63, 3.8) is 0 Å². The van der Waals surface area contributed by atoms with Gasteiger partial charge in [0, 0.05) is 18.6 Å². The lowest BCUT2D eigenvalue weighted by Crippen LogP contribution is -2.48. The zero-order valence-corrected chi connectivity index (χ0v) is 20.2. The van der Waals surface area contributed by atoms with Gasteiger partial charge in [0.15, 0.2) is 0 Å². The second-order valence-electron chi connectivity index (χ2n) is 8.24. The van der Waals surface area contributed by atoms with Gasteiger partial charge in [0.2, 0.25) is 5.91 Å². The van der Waals surface area contributed by atoms with E-state index in [-0.39, 0.29) is 22.4 Å². The Morgan fingerprint density at radius 3 is 2.53 bits per heavy atom. The van der Waals surface area contributed by atoms with Crippen molar-refractivity contribution in [3.8, 4) is 0 Å². The fourth-order valence-electron chi connectivity index (χ4n) is 3.76. The summed E-state index contributed by atoms with van der Waals surface area (Å²) < 4.78 is 2.10. The Bertz CT molecular complexity index is 1130. The number of carbonyl (C=O) groups is 2. The molecule has 0 aliphatic carbocycles. The molecule has 1 atom stereocenters. The van der Waals surface area contributed by atoms with Gasteiger partial charge < -0.3 is 14.8 Å². The molecule has 0 saturated heterocycles. The van der Waals surface area contributed by atoms with Gasteiger partial charge in [0.25, 0.3) is 5.91 Å². The Labute approximate surface area is 198 Å². The Kier molecular flexibility index (Phi) is 7.80. The topological polar surface area (TPSA) is 67.2 Å². The van der Waals surface area contributed by atoms with Crippen molar-refractivity contribution in [1.29, 1.82) is 0 Å². The first-order chi connectivity index (χ1) is 15.2. The molecule has 0 spiro atoms. The fourth-order valence-corrected chi connectivity index (χ4v) is 4.25. The van der Waals surface area contributed by atoms with Crippen LogP contribution < -0.4 is 5.32 Å². The van der Waals surface area contributed by atoms with Crippen molar-refractivity contribution < 1.29 is 9.59 Å². The number of carbonyl (C=O) groups excluding carboxylic acids is 2. The predicted molar refractivity (Wildman–Crippen MR) is 129 cm³/mol. The Balaban J connectivity index is 1.80. The molecule has 8 heteroatoms. The number of hydrogen-bond acceptors (Lipinski definition) is 3. The van der Waals surface area contributed by atoms with Gasteiger partial charge in [-0.05, 0) is 49.6 Å². The van der Waals surface area contributed by atoms with Crippen molar-refractivity contribution in [2.45, 2.75) is 46.3 Å². The van der Waals surface area contributed by atoms with Crippen LogP contribution in [0.4, 0.5) is 0 Å². The molecular weight excluding hydrogens is 447 g/mol. The van der Waals surface area contributed by atoms with Gasteiger partial charge >= 0.3 is 0 Å². The quantitative estimate of drug-likeness (QED) is 0.489. The zero-order valence-electron chi connectivity index (χ0n) is 18.7. The van der Waals surface area contributed by atoms with E-state index in [1.165, 1.54) is 6.07 Å². The van der Waals surface area contributed by atoms with E-state index in [1.807, 2.05) is 38.1 Å². The first-order valence-corrected chi connectivity index (χ1v) is 11.4. The number of hydrogen-bond donors (Lipinski definition) is 1. The molecule has 32 heavy (non-hydrogen) atoms. The van der Waals surface area contributed by atoms with Gasteiger partial charge in [-0.3, -0.25) is 9.59 Å². The minimum Gasteiger partial charge on any atom is -0.340 e. The Hall–Kier alpha value is -2.57. The zero-order chi connectivity index (χ0) is 23.4. The molecule has 2 amide bonds. The molecule has 0 saturated carbocycles. The summed E-state index contributed by atoms with van der Waals surface area (Å²) in [5, 5.41) is 3.55. The van der Waals surface area contributed by atoms with Crippen LogP contribution in [0.15, 0.2) is 42.5 Å². The number of imidazole rings is 1. The highest BCUT2D eigenvalue weighted by atomic mass is 35.5. The first kappa shape index (κ1) is 24.1. The number of fused-ring (bicyclic) bond motifs is 1. The third-order valence-corrected chi connectivity index (χ3v) is 5.84. The van der Waals surface area contributed by atoms with Gasteiger partial charge in [-0.15, -0.1) is 0 Å². The highest BCUT2D eigenvalue weighted by Crippen LogP contribution is 2.22. The maximum absolute atomic E-state index is 13.3. The molecule has 1 unspecified atom stereocenters. The summed E-state index contributed by atoms with van der Waals surface area (Å²) in [7, 11) is 1.73. The lowest BCUT2D eigenvalue weighted by atomic mass is 10.0.